The topological polar surface area (TPSA) is 71.5 Å². The van der Waals surface area contributed by atoms with Crippen LogP contribution in [-0.2, 0) is 0 Å². The molecule has 3 aromatic rings. The Hall–Kier alpha value is -3.32. The third kappa shape index (κ3) is 4.75. The number of aromatic nitrogens is 2. The number of rotatable bonds is 6. The summed E-state index contributed by atoms with van der Waals surface area (Å²) in [6, 6.07) is 16.1. The van der Waals surface area contributed by atoms with Crippen LogP contribution in [0.1, 0.15) is 5.56 Å². The maximum absolute atomic E-state index is 5.93. The minimum Gasteiger partial charge on any atom is -0.490 e. The van der Waals surface area contributed by atoms with E-state index in [0.29, 0.717) is 23.3 Å². The molecule has 150 valence electrons. The molecule has 1 aliphatic rings. The highest BCUT2D eigenvalue weighted by Crippen LogP contribution is 2.30. The number of nitrogens with zero attached hydrogens (tertiary/aromatic N) is 3. The van der Waals surface area contributed by atoms with Crippen LogP contribution in [0.25, 0.3) is 0 Å². The molecule has 4 rings (SSSR count). The van der Waals surface area contributed by atoms with E-state index in [9.17, 15) is 0 Å². The minimum absolute atomic E-state index is 0.369. The number of piperazine rings is 1. The van der Waals surface area contributed by atoms with E-state index in [-0.39, 0.29) is 0 Å². The number of benzene rings is 2. The molecule has 2 N–H and O–H groups in total. The van der Waals surface area contributed by atoms with E-state index >= 15 is 0 Å². The van der Waals surface area contributed by atoms with E-state index in [4.69, 9.17) is 9.47 Å². The molecule has 2 heterocycles. The summed E-state index contributed by atoms with van der Waals surface area (Å²) in [4.78, 5) is 11.2. The van der Waals surface area contributed by atoms with Crippen LogP contribution in [-0.4, -0.2) is 43.3 Å². The number of nitrogens with one attached hydrogen (secondary N) is 2. The summed E-state index contributed by atoms with van der Waals surface area (Å²) in [6.45, 7) is 6.09. The highest BCUT2D eigenvalue weighted by atomic mass is 16.5. The van der Waals surface area contributed by atoms with Crippen molar-refractivity contribution >= 4 is 17.3 Å². The van der Waals surface area contributed by atoms with Gasteiger partial charge in [0.25, 0.3) is 5.88 Å². The van der Waals surface area contributed by atoms with Crippen molar-refractivity contribution < 1.29 is 9.47 Å². The average molecular weight is 391 g/mol. The van der Waals surface area contributed by atoms with Gasteiger partial charge in [0, 0.05) is 37.6 Å². The second-order valence-corrected chi connectivity index (χ2v) is 6.89. The summed E-state index contributed by atoms with van der Waals surface area (Å²) < 4.78 is 11.3. The van der Waals surface area contributed by atoms with Gasteiger partial charge in [-0.15, -0.1) is 0 Å². The third-order valence-corrected chi connectivity index (χ3v) is 4.75. The van der Waals surface area contributed by atoms with E-state index in [0.717, 1.165) is 37.4 Å². The Morgan fingerprint density at radius 1 is 1.07 bits per heavy atom. The lowest BCUT2D eigenvalue weighted by molar-refractivity contribution is 0.367. The molecule has 1 saturated heterocycles. The van der Waals surface area contributed by atoms with E-state index in [1.807, 2.05) is 43.3 Å². The Balaban J connectivity index is 1.49. The van der Waals surface area contributed by atoms with Crippen molar-refractivity contribution in [3.05, 3.63) is 60.3 Å². The molecule has 0 aliphatic carbocycles. The first-order valence-corrected chi connectivity index (χ1v) is 9.69. The highest BCUT2D eigenvalue weighted by Gasteiger charge is 2.12. The van der Waals surface area contributed by atoms with Crippen molar-refractivity contribution in [3.63, 3.8) is 0 Å². The molecule has 2 aromatic carbocycles. The van der Waals surface area contributed by atoms with Crippen molar-refractivity contribution in [1.82, 2.24) is 15.3 Å². The predicted molar refractivity (Wildman–Crippen MR) is 115 cm³/mol. The van der Waals surface area contributed by atoms with Gasteiger partial charge >= 0.3 is 0 Å². The standard InChI is InChI=1S/C22H25N5O2/c1-16-4-3-5-19(14-16)29-21-20(28-2)15-24-22(26-21)25-17-6-8-18(9-7-17)27-12-10-23-11-13-27/h3-9,14-15,23H,10-13H2,1-2H3,(H,24,25,26). The van der Waals surface area contributed by atoms with Gasteiger partial charge in [-0.1, -0.05) is 12.1 Å². The van der Waals surface area contributed by atoms with Gasteiger partial charge in [-0.05, 0) is 48.9 Å². The van der Waals surface area contributed by atoms with E-state index in [2.05, 4.69) is 37.6 Å². The lowest BCUT2D eigenvalue weighted by Crippen LogP contribution is -2.43. The lowest BCUT2D eigenvalue weighted by Gasteiger charge is -2.29. The summed E-state index contributed by atoms with van der Waals surface area (Å²) in [5.74, 6) is 2.00. The van der Waals surface area contributed by atoms with Crippen LogP contribution in [0, 0.1) is 6.92 Å². The summed E-state index contributed by atoms with van der Waals surface area (Å²) in [5, 5.41) is 6.61. The fraction of sp³-hybridized carbons (Fsp3) is 0.273. The van der Waals surface area contributed by atoms with Crippen molar-refractivity contribution in [2.45, 2.75) is 6.92 Å². The summed E-state index contributed by atoms with van der Waals surface area (Å²) in [5.41, 5.74) is 3.24. The van der Waals surface area contributed by atoms with Crippen molar-refractivity contribution in [1.29, 1.82) is 0 Å². The van der Waals surface area contributed by atoms with E-state index in [1.54, 1.807) is 13.3 Å². The molecule has 1 fully saturated rings. The number of hydrogen-bond donors (Lipinski definition) is 2. The van der Waals surface area contributed by atoms with Gasteiger partial charge in [-0.3, -0.25) is 0 Å². The van der Waals surface area contributed by atoms with Gasteiger partial charge in [0.05, 0.1) is 13.3 Å². The van der Waals surface area contributed by atoms with Gasteiger partial charge < -0.3 is 25.0 Å². The van der Waals surface area contributed by atoms with Crippen LogP contribution in [0.4, 0.5) is 17.3 Å². The minimum atomic E-state index is 0.369. The Morgan fingerprint density at radius 3 is 2.59 bits per heavy atom. The highest BCUT2D eigenvalue weighted by molar-refractivity contribution is 5.60. The van der Waals surface area contributed by atoms with Gasteiger partial charge in [0.15, 0.2) is 5.75 Å². The zero-order chi connectivity index (χ0) is 20.1. The van der Waals surface area contributed by atoms with E-state index in [1.165, 1.54) is 5.69 Å². The Morgan fingerprint density at radius 2 is 1.86 bits per heavy atom. The largest absolute Gasteiger partial charge is 0.490 e. The number of ether oxygens (including phenoxy) is 2. The smallest absolute Gasteiger partial charge is 0.267 e. The zero-order valence-corrected chi connectivity index (χ0v) is 16.7. The maximum Gasteiger partial charge on any atom is 0.267 e. The second-order valence-electron chi connectivity index (χ2n) is 6.89. The Labute approximate surface area is 170 Å². The molecule has 0 amide bonds. The van der Waals surface area contributed by atoms with E-state index < -0.39 is 0 Å². The summed E-state index contributed by atoms with van der Waals surface area (Å²) >= 11 is 0. The van der Waals surface area contributed by atoms with Gasteiger partial charge in [-0.2, -0.15) is 4.98 Å². The Bertz CT molecular complexity index is 956. The average Bonchev–Trinajstić information content (AvgIpc) is 2.75. The van der Waals surface area contributed by atoms with Crippen molar-refractivity contribution in [2.24, 2.45) is 0 Å². The maximum atomic E-state index is 5.93. The van der Waals surface area contributed by atoms with Crippen LogP contribution in [0.3, 0.4) is 0 Å². The molecule has 7 nitrogen and oxygen atoms in total. The molecule has 0 radical (unpaired) electrons. The Kier molecular flexibility index (Phi) is 5.76. The molecule has 1 aromatic heterocycles. The molecule has 0 saturated carbocycles. The molecule has 0 spiro atoms. The summed E-state index contributed by atoms with van der Waals surface area (Å²) in [7, 11) is 1.57. The molecule has 1 aliphatic heterocycles. The monoisotopic (exact) mass is 391 g/mol. The number of hydrogen-bond acceptors (Lipinski definition) is 7. The number of methoxy groups -OCH3 is 1. The summed E-state index contributed by atoms with van der Waals surface area (Å²) in [6.07, 6.45) is 1.61. The molecular weight excluding hydrogens is 366 g/mol. The van der Waals surface area contributed by atoms with Crippen LogP contribution in [0.2, 0.25) is 0 Å². The molecular formula is C22H25N5O2. The zero-order valence-electron chi connectivity index (χ0n) is 16.7. The molecule has 7 heteroatoms. The molecule has 29 heavy (non-hydrogen) atoms. The normalized spacial score (nSPS) is 13.8. The molecule has 0 bridgehead atoms. The first kappa shape index (κ1) is 19.0. The number of anilines is 3. The van der Waals surface area contributed by atoms with Crippen LogP contribution < -0.4 is 25.0 Å². The third-order valence-electron chi connectivity index (χ3n) is 4.75. The first-order chi connectivity index (χ1) is 14.2. The fourth-order valence-electron chi connectivity index (χ4n) is 3.23. The SMILES string of the molecule is COc1cnc(Nc2ccc(N3CCNCC3)cc2)nc1Oc1cccc(C)c1. The quantitative estimate of drug-likeness (QED) is 0.663. The predicted octanol–water partition coefficient (Wildman–Crippen LogP) is 3.74. The molecule has 0 unspecified atom stereocenters. The van der Waals surface area contributed by atoms with Crippen molar-refractivity contribution in [3.8, 4) is 17.4 Å². The number of aryl methyl sites for hydroxylation is 1. The van der Waals surface area contributed by atoms with Gasteiger partial charge in [0.1, 0.15) is 5.75 Å². The second kappa shape index (κ2) is 8.79. The van der Waals surface area contributed by atoms with Gasteiger partial charge in [0.2, 0.25) is 5.95 Å². The fourth-order valence-corrected chi connectivity index (χ4v) is 3.23. The van der Waals surface area contributed by atoms with Crippen molar-refractivity contribution in [2.75, 3.05) is 43.5 Å². The molecule has 0 atom stereocenters. The van der Waals surface area contributed by atoms with Crippen LogP contribution in [0.15, 0.2) is 54.7 Å². The van der Waals surface area contributed by atoms with Crippen LogP contribution >= 0.6 is 0 Å². The van der Waals surface area contributed by atoms with Crippen LogP contribution in [0.5, 0.6) is 17.4 Å². The van der Waals surface area contributed by atoms with Gasteiger partial charge in [-0.25, -0.2) is 4.98 Å². The first-order valence-electron chi connectivity index (χ1n) is 9.69. The lowest BCUT2D eigenvalue weighted by atomic mass is 10.2.